The molecule has 2 N–H and O–H groups in total. The van der Waals surface area contributed by atoms with Gasteiger partial charge in [-0.3, -0.25) is 0 Å². The van der Waals surface area contributed by atoms with E-state index in [9.17, 15) is 13.2 Å². The smallest absolute Gasteiger partial charge is 0.395 e. The highest BCUT2D eigenvalue weighted by atomic mass is 19.4. The first-order chi connectivity index (χ1) is 7.99. The van der Waals surface area contributed by atoms with Gasteiger partial charge in [0.25, 0.3) is 0 Å². The quantitative estimate of drug-likeness (QED) is 0.815. The normalized spacial score (nSPS) is 11.6. The molecular formula is C10H13F3N2O2. The van der Waals surface area contributed by atoms with E-state index in [0.717, 1.165) is 12.3 Å². The third-order valence-corrected chi connectivity index (χ3v) is 2.14. The van der Waals surface area contributed by atoms with Gasteiger partial charge in [0.05, 0.1) is 18.8 Å². The second-order valence-electron chi connectivity index (χ2n) is 3.34. The molecule has 0 aliphatic rings. The number of aliphatic hydroxyl groups excluding tert-OH is 2. The van der Waals surface area contributed by atoms with E-state index in [1.165, 1.54) is 11.0 Å². The Morgan fingerprint density at radius 3 is 2.06 bits per heavy atom. The molecule has 0 fully saturated rings. The first-order valence-corrected chi connectivity index (χ1v) is 4.99. The van der Waals surface area contributed by atoms with Crippen LogP contribution in [-0.4, -0.2) is 41.5 Å². The molecular weight excluding hydrogens is 237 g/mol. The van der Waals surface area contributed by atoms with Crippen LogP contribution in [0.25, 0.3) is 0 Å². The number of alkyl halides is 3. The van der Waals surface area contributed by atoms with Gasteiger partial charge in [-0.05, 0) is 12.1 Å². The number of hydrogen-bond acceptors (Lipinski definition) is 4. The molecule has 1 rings (SSSR count). The molecule has 0 saturated heterocycles. The molecule has 4 nitrogen and oxygen atoms in total. The molecule has 0 bridgehead atoms. The van der Waals surface area contributed by atoms with Crippen molar-refractivity contribution in [2.24, 2.45) is 0 Å². The Hall–Kier alpha value is -1.34. The van der Waals surface area contributed by atoms with E-state index >= 15 is 0 Å². The van der Waals surface area contributed by atoms with Gasteiger partial charge in [0.2, 0.25) is 0 Å². The maximum Gasteiger partial charge on any atom is 0.417 e. The van der Waals surface area contributed by atoms with Gasteiger partial charge in [-0.15, -0.1) is 0 Å². The first kappa shape index (κ1) is 13.7. The molecule has 17 heavy (non-hydrogen) atoms. The van der Waals surface area contributed by atoms with Crippen LogP contribution >= 0.6 is 0 Å². The highest BCUT2D eigenvalue weighted by Gasteiger charge is 2.30. The van der Waals surface area contributed by atoms with Crippen molar-refractivity contribution in [2.45, 2.75) is 6.18 Å². The van der Waals surface area contributed by atoms with Gasteiger partial charge in [0.15, 0.2) is 0 Å². The largest absolute Gasteiger partial charge is 0.417 e. The highest BCUT2D eigenvalue weighted by Crippen LogP contribution is 2.29. The molecule has 7 heteroatoms. The fourth-order valence-corrected chi connectivity index (χ4v) is 1.32. The van der Waals surface area contributed by atoms with Crippen molar-refractivity contribution in [1.29, 1.82) is 0 Å². The maximum atomic E-state index is 12.3. The summed E-state index contributed by atoms with van der Waals surface area (Å²) < 4.78 is 36.8. The van der Waals surface area contributed by atoms with E-state index < -0.39 is 11.7 Å². The lowest BCUT2D eigenvalue weighted by molar-refractivity contribution is -0.137. The van der Waals surface area contributed by atoms with Crippen molar-refractivity contribution >= 4 is 5.82 Å². The molecule has 0 saturated carbocycles. The number of aliphatic hydroxyl groups is 2. The third-order valence-electron chi connectivity index (χ3n) is 2.14. The van der Waals surface area contributed by atoms with Crippen LogP contribution in [0.4, 0.5) is 19.0 Å². The molecule has 1 heterocycles. The van der Waals surface area contributed by atoms with Crippen molar-refractivity contribution in [3.8, 4) is 0 Å². The van der Waals surface area contributed by atoms with Crippen LogP contribution in [0.15, 0.2) is 18.3 Å². The topological polar surface area (TPSA) is 56.6 Å². The Labute approximate surface area is 96.3 Å². The number of halogens is 3. The molecule has 1 aromatic rings. The average molecular weight is 250 g/mol. The van der Waals surface area contributed by atoms with E-state index in [2.05, 4.69) is 4.98 Å². The summed E-state index contributed by atoms with van der Waals surface area (Å²) in [6.45, 7) is 0.0866. The van der Waals surface area contributed by atoms with Crippen LogP contribution in [0.3, 0.4) is 0 Å². The molecule has 0 aliphatic carbocycles. The minimum absolute atomic E-state index is 0.164. The molecule has 1 aromatic heterocycles. The Bertz CT molecular complexity index is 334. The predicted octanol–water partition coefficient (Wildman–Crippen LogP) is 0.891. The second-order valence-corrected chi connectivity index (χ2v) is 3.34. The van der Waals surface area contributed by atoms with Crippen molar-refractivity contribution < 1.29 is 23.4 Å². The summed E-state index contributed by atoms with van der Waals surface area (Å²) in [4.78, 5) is 5.17. The van der Waals surface area contributed by atoms with Gasteiger partial charge >= 0.3 is 6.18 Å². The van der Waals surface area contributed by atoms with Crippen molar-refractivity contribution in [3.63, 3.8) is 0 Å². The van der Waals surface area contributed by atoms with Crippen LogP contribution in [0.1, 0.15) is 5.56 Å². The summed E-state index contributed by atoms with van der Waals surface area (Å²) in [5.41, 5.74) is -0.825. The first-order valence-electron chi connectivity index (χ1n) is 4.99. The van der Waals surface area contributed by atoms with E-state index in [4.69, 9.17) is 10.2 Å². The van der Waals surface area contributed by atoms with Gasteiger partial charge in [-0.25, -0.2) is 4.98 Å². The Kier molecular flexibility index (Phi) is 4.71. The lowest BCUT2D eigenvalue weighted by Gasteiger charge is -2.21. The Morgan fingerprint density at radius 2 is 1.71 bits per heavy atom. The molecule has 96 valence electrons. The molecule has 0 aromatic carbocycles. The second kappa shape index (κ2) is 5.83. The Morgan fingerprint density at radius 1 is 1.12 bits per heavy atom. The minimum atomic E-state index is -4.41. The maximum absolute atomic E-state index is 12.3. The zero-order chi connectivity index (χ0) is 12.9. The van der Waals surface area contributed by atoms with Gasteiger partial charge in [0, 0.05) is 19.3 Å². The Balaban J connectivity index is 2.84. The highest BCUT2D eigenvalue weighted by molar-refractivity contribution is 5.39. The van der Waals surface area contributed by atoms with Crippen molar-refractivity contribution in [3.05, 3.63) is 23.9 Å². The number of anilines is 1. The van der Waals surface area contributed by atoms with Crippen LogP contribution in [0.2, 0.25) is 0 Å². The molecule has 0 aliphatic heterocycles. The van der Waals surface area contributed by atoms with E-state index in [0.29, 0.717) is 5.82 Å². The van der Waals surface area contributed by atoms with Crippen molar-refractivity contribution in [2.75, 3.05) is 31.2 Å². The summed E-state index contributed by atoms with van der Waals surface area (Å²) in [5.74, 6) is 0.293. The van der Waals surface area contributed by atoms with Crippen LogP contribution < -0.4 is 4.90 Å². The lowest BCUT2D eigenvalue weighted by atomic mass is 10.2. The number of pyridine rings is 1. The average Bonchev–Trinajstić information content (AvgIpc) is 2.28. The monoisotopic (exact) mass is 250 g/mol. The molecule has 0 atom stereocenters. The van der Waals surface area contributed by atoms with E-state index in [1.807, 2.05) is 0 Å². The summed E-state index contributed by atoms with van der Waals surface area (Å²) in [7, 11) is 0. The zero-order valence-corrected chi connectivity index (χ0v) is 8.98. The van der Waals surface area contributed by atoms with Gasteiger partial charge in [-0.2, -0.15) is 13.2 Å². The number of aromatic nitrogens is 1. The van der Waals surface area contributed by atoms with Crippen molar-refractivity contribution in [1.82, 2.24) is 4.98 Å². The van der Waals surface area contributed by atoms with E-state index in [-0.39, 0.29) is 26.3 Å². The van der Waals surface area contributed by atoms with Crippen LogP contribution in [0.5, 0.6) is 0 Å². The summed E-state index contributed by atoms with van der Waals surface area (Å²) >= 11 is 0. The molecule has 0 unspecified atom stereocenters. The standard InChI is InChI=1S/C10H13F3N2O2/c11-10(12,13)8-1-2-9(14-7-8)15(3-5-16)4-6-17/h1-2,7,16-17H,3-6H2. The predicted molar refractivity (Wildman–Crippen MR) is 55.6 cm³/mol. The van der Waals surface area contributed by atoms with Gasteiger partial charge in [-0.1, -0.05) is 0 Å². The minimum Gasteiger partial charge on any atom is -0.395 e. The van der Waals surface area contributed by atoms with E-state index in [1.54, 1.807) is 0 Å². The number of rotatable bonds is 5. The molecule has 0 amide bonds. The zero-order valence-electron chi connectivity index (χ0n) is 8.98. The SMILES string of the molecule is OCCN(CCO)c1ccc(C(F)(F)F)cn1. The van der Waals surface area contributed by atoms with Crippen LogP contribution in [0, 0.1) is 0 Å². The number of nitrogens with zero attached hydrogens (tertiary/aromatic N) is 2. The van der Waals surface area contributed by atoms with Gasteiger partial charge < -0.3 is 15.1 Å². The summed E-state index contributed by atoms with van der Waals surface area (Å²) in [6, 6.07) is 2.14. The van der Waals surface area contributed by atoms with Gasteiger partial charge in [0.1, 0.15) is 5.82 Å². The summed E-state index contributed by atoms with van der Waals surface area (Å²) in [5, 5.41) is 17.6. The lowest BCUT2D eigenvalue weighted by Crippen LogP contribution is -2.30. The number of hydrogen-bond donors (Lipinski definition) is 2. The molecule has 0 spiro atoms. The van der Waals surface area contributed by atoms with Crippen LogP contribution in [-0.2, 0) is 6.18 Å². The summed E-state index contributed by atoms with van der Waals surface area (Å²) in [6.07, 6.45) is -3.68. The molecule has 0 radical (unpaired) electrons. The fraction of sp³-hybridized carbons (Fsp3) is 0.500. The fourth-order valence-electron chi connectivity index (χ4n) is 1.32. The third kappa shape index (κ3) is 3.86.